The average Bonchev–Trinajstić information content (AvgIpc) is 3.66. The SMILES string of the molecule is COc1cc(C(=O)NC[C@@](O)(c2ccccc2)c2cc3c(c(-c4ccc5c(c4Cl)OC(F)(F)O5)n2)OC[C@]3(C)C(N)=O)cc2cn(C3CC3)nc12. The number of hydrogen-bond acceptors (Lipinski definition) is 9. The van der Waals surface area contributed by atoms with Crippen molar-refractivity contribution in [2.75, 3.05) is 20.3 Å². The van der Waals surface area contributed by atoms with Gasteiger partial charge >= 0.3 is 6.29 Å². The monoisotopic (exact) mass is 717 g/mol. The van der Waals surface area contributed by atoms with E-state index in [9.17, 15) is 23.5 Å². The van der Waals surface area contributed by atoms with Crippen molar-refractivity contribution >= 4 is 34.3 Å². The predicted octanol–water partition coefficient (Wildman–Crippen LogP) is 5.22. The maximum Gasteiger partial charge on any atom is 0.586 e. The zero-order valence-corrected chi connectivity index (χ0v) is 28.0. The molecule has 2 atom stereocenters. The molecule has 51 heavy (non-hydrogen) atoms. The van der Waals surface area contributed by atoms with Crippen molar-refractivity contribution in [2.45, 2.75) is 43.1 Å². The standard InChI is InChI=1S/C36H30ClF2N5O7/c1-34(33(40)46)17-49-30-23(34)14-26(42-29(30)22-10-11-24-31(27(22)37)51-36(38,39)50-24)35(47,20-6-4-3-5-7-20)16-41-32(45)18-12-19-15-44(21-8-9-21)43-28(19)25(13-18)48-2/h3-7,10-15,21,47H,8-9,16-17H2,1-2H3,(H2,40,46)(H,41,45)/t34-,35+/m0/s1. The quantitative estimate of drug-likeness (QED) is 0.186. The number of halogens is 3. The van der Waals surface area contributed by atoms with Crippen molar-refractivity contribution in [3.63, 3.8) is 0 Å². The number of methoxy groups -OCH3 is 1. The molecule has 4 heterocycles. The fraction of sp³-hybridized carbons (Fsp3) is 0.278. The van der Waals surface area contributed by atoms with Crippen LogP contribution in [0, 0.1) is 0 Å². The first-order valence-corrected chi connectivity index (χ1v) is 16.4. The summed E-state index contributed by atoms with van der Waals surface area (Å²) < 4.78 is 50.7. The molecular weight excluding hydrogens is 688 g/mol. The second-order valence-corrected chi connectivity index (χ2v) is 13.4. The lowest BCUT2D eigenvalue weighted by molar-refractivity contribution is -0.286. The van der Waals surface area contributed by atoms with Crippen LogP contribution in [0.25, 0.3) is 22.2 Å². The van der Waals surface area contributed by atoms with E-state index in [1.165, 1.54) is 25.3 Å². The number of primary amides is 1. The number of fused-ring (bicyclic) bond motifs is 3. The fourth-order valence-electron chi connectivity index (χ4n) is 6.45. The van der Waals surface area contributed by atoms with Gasteiger partial charge in [0.2, 0.25) is 5.91 Å². The Hall–Kier alpha value is -5.47. The highest BCUT2D eigenvalue weighted by molar-refractivity contribution is 6.35. The predicted molar refractivity (Wildman–Crippen MR) is 179 cm³/mol. The van der Waals surface area contributed by atoms with E-state index in [4.69, 9.17) is 31.8 Å². The molecule has 8 rings (SSSR count). The lowest BCUT2D eigenvalue weighted by Crippen LogP contribution is -2.43. The topological polar surface area (TPSA) is 160 Å². The Kier molecular flexibility index (Phi) is 7.40. The molecule has 0 spiro atoms. The number of aliphatic hydroxyl groups is 1. The minimum absolute atomic E-state index is 0.0152. The highest BCUT2D eigenvalue weighted by atomic mass is 35.5. The van der Waals surface area contributed by atoms with Crippen LogP contribution in [0.5, 0.6) is 23.0 Å². The molecule has 0 radical (unpaired) electrons. The van der Waals surface area contributed by atoms with Crippen LogP contribution in [0.2, 0.25) is 5.02 Å². The first-order chi connectivity index (χ1) is 24.3. The molecule has 1 aliphatic carbocycles. The van der Waals surface area contributed by atoms with E-state index in [1.807, 2.05) is 10.9 Å². The van der Waals surface area contributed by atoms with Crippen LogP contribution >= 0.6 is 11.6 Å². The molecule has 12 nitrogen and oxygen atoms in total. The minimum Gasteiger partial charge on any atom is -0.494 e. The van der Waals surface area contributed by atoms with Gasteiger partial charge in [-0.05, 0) is 55.7 Å². The average molecular weight is 718 g/mol. The number of nitrogens with one attached hydrogen (secondary N) is 1. The summed E-state index contributed by atoms with van der Waals surface area (Å²) in [7, 11) is 1.50. The third-order valence-electron chi connectivity index (χ3n) is 9.56. The molecule has 2 aromatic heterocycles. The van der Waals surface area contributed by atoms with Gasteiger partial charge in [-0.15, -0.1) is 8.78 Å². The molecule has 3 aliphatic rings. The van der Waals surface area contributed by atoms with E-state index in [-0.39, 0.29) is 51.2 Å². The van der Waals surface area contributed by atoms with Crippen LogP contribution in [0.1, 0.15) is 53.0 Å². The summed E-state index contributed by atoms with van der Waals surface area (Å²) in [5, 5.41) is 20.6. The smallest absolute Gasteiger partial charge is 0.494 e. The number of benzene rings is 3. The molecule has 262 valence electrons. The van der Waals surface area contributed by atoms with Gasteiger partial charge in [0.15, 0.2) is 11.5 Å². The van der Waals surface area contributed by atoms with Crippen LogP contribution in [-0.2, 0) is 15.8 Å². The number of pyridine rings is 1. The van der Waals surface area contributed by atoms with Gasteiger partial charge in [0.05, 0.1) is 30.4 Å². The summed E-state index contributed by atoms with van der Waals surface area (Å²) in [4.78, 5) is 31.4. The van der Waals surface area contributed by atoms with Crippen LogP contribution < -0.4 is 30.0 Å². The zero-order valence-electron chi connectivity index (χ0n) is 27.2. The molecule has 0 bridgehead atoms. The molecule has 2 aliphatic heterocycles. The number of carbonyl (C=O) groups is 2. The summed E-state index contributed by atoms with van der Waals surface area (Å²) in [6.07, 6.45) is -0.00689. The molecule has 1 saturated carbocycles. The Morgan fingerprint density at radius 3 is 2.61 bits per heavy atom. The third kappa shape index (κ3) is 5.36. The molecule has 0 saturated heterocycles. The number of rotatable bonds is 9. The van der Waals surface area contributed by atoms with Gasteiger partial charge in [-0.3, -0.25) is 14.3 Å². The van der Waals surface area contributed by atoms with Gasteiger partial charge in [-0.1, -0.05) is 41.9 Å². The van der Waals surface area contributed by atoms with Gasteiger partial charge in [0.25, 0.3) is 5.91 Å². The van der Waals surface area contributed by atoms with E-state index in [1.54, 1.807) is 49.4 Å². The first-order valence-electron chi connectivity index (χ1n) is 16.0. The maximum absolute atomic E-state index is 14.0. The maximum atomic E-state index is 14.0. The summed E-state index contributed by atoms with van der Waals surface area (Å²) >= 11 is 6.63. The lowest BCUT2D eigenvalue weighted by Gasteiger charge is -2.30. The zero-order chi connectivity index (χ0) is 35.9. The third-order valence-corrected chi connectivity index (χ3v) is 9.93. The number of carbonyl (C=O) groups excluding carboxylic acids is 2. The highest BCUT2D eigenvalue weighted by Gasteiger charge is 2.48. The highest BCUT2D eigenvalue weighted by Crippen LogP contribution is 2.53. The van der Waals surface area contributed by atoms with Gasteiger partial charge in [-0.25, -0.2) is 4.98 Å². The molecule has 5 aromatic rings. The molecule has 0 unspecified atom stereocenters. The summed E-state index contributed by atoms with van der Waals surface area (Å²) in [6, 6.07) is 16.2. The minimum atomic E-state index is -3.94. The Morgan fingerprint density at radius 2 is 1.90 bits per heavy atom. The number of hydrogen-bond donors (Lipinski definition) is 3. The molecule has 2 amide bonds. The number of alkyl halides is 2. The van der Waals surface area contributed by atoms with Crippen LogP contribution in [-0.4, -0.2) is 58.2 Å². The largest absolute Gasteiger partial charge is 0.586 e. The molecule has 3 aromatic carbocycles. The van der Waals surface area contributed by atoms with Gasteiger partial charge in [0, 0.05) is 28.3 Å². The van der Waals surface area contributed by atoms with Crippen molar-refractivity contribution < 1.29 is 42.4 Å². The van der Waals surface area contributed by atoms with E-state index < -0.39 is 41.4 Å². The van der Waals surface area contributed by atoms with Crippen molar-refractivity contribution in [3.8, 4) is 34.3 Å². The Labute approximate surface area is 294 Å². The normalized spacial score (nSPS) is 19.6. The van der Waals surface area contributed by atoms with E-state index in [0.29, 0.717) is 22.9 Å². The Bertz CT molecular complexity index is 2260. The van der Waals surface area contributed by atoms with Crippen molar-refractivity contribution in [2.24, 2.45) is 5.73 Å². The van der Waals surface area contributed by atoms with Gasteiger partial charge in [-0.2, -0.15) is 5.10 Å². The van der Waals surface area contributed by atoms with Crippen molar-refractivity contribution in [1.29, 1.82) is 0 Å². The van der Waals surface area contributed by atoms with Crippen LogP contribution in [0.3, 0.4) is 0 Å². The number of amides is 2. The van der Waals surface area contributed by atoms with E-state index in [2.05, 4.69) is 19.9 Å². The van der Waals surface area contributed by atoms with Gasteiger partial charge in [0.1, 0.15) is 40.3 Å². The van der Waals surface area contributed by atoms with Crippen LogP contribution in [0.4, 0.5) is 8.78 Å². The molecule has 1 fully saturated rings. The first kappa shape index (κ1) is 32.7. The fourth-order valence-corrected chi connectivity index (χ4v) is 6.73. The molecule has 4 N–H and O–H groups in total. The van der Waals surface area contributed by atoms with Gasteiger partial charge < -0.3 is 35.1 Å². The summed E-state index contributed by atoms with van der Waals surface area (Å²) in [6.45, 7) is 1.02. The van der Waals surface area contributed by atoms with Crippen molar-refractivity contribution in [1.82, 2.24) is 20.1 Å². The Morgan fingerprint density at radius 1 is 1.14 bits per heavy atom. The number of nitrogens with two attached hydrogens (primary N) is 1. The van der Waals surface area contributed by atoms with E-state index >= 15 is 0 Å². The second-order valence-electron chi connectivity index (χ2n) is 13.0. The van der Waals surface area contributed by atoms with Crippen LogP contribution in [0.15, 0.2) is 66.9 Å². The Balaban J connectivity index is 1.23. The molecular formula is C36H30ClF2N5O7. The number of nitrogens with zero attached hydrogens (tertiary/aromatic N) is 3. The van der Waals surface area contributed by atoms with Crippen molar-refractivity contribution in [3.05, 3.63) is 94.3 Å². The lowest BCUT2D eigenvalue weighted by atomic mass is 9.80. The second kappa shape index (κ2) is 11.5. The van der Waals surface area contributed by atoms with E-state index in [0.717, 1.165) is 18.2 Å². The summed E-state index contributed by atoms with van der Waals surface area (Å²) in [5.74, 6) is -1.41. The number of ether oxygens (including phenoxy) is 4. The summed E-state index contributed by atoms with van der Waals surface area (Å²) in [5.41, 5.74) is 4.07. The number of aromatic nitrogens is 3. The molecule has 15 heteroatoms.